The Labute approximate surface area is 130 Å². The molecule has 21 heavy (non-hydrogen) atoms. The summed E-state index contributed by atoms with van der Waals surface area (Å²) in [6, 6.07) is 5.97. The number of methoxy groups -OCH3 is 1. The van der Waals surface area contributed by atoms with Gasteiger partial charge in [0, 0.05) is 25.7 Å². The van der Waals surface area contributed by atoms with Crippen LogP contribution in [0.5, 0.6) is 0 Å². The molecule has 0 radical (unpaired) electrons. The van der Waals surface area contributed by atoms with Crippen molar-refractivity contribution in [1.82, 2.24) is 9.62 Å². The molecular formula is C13H19ClN2O4S. The first-order valence-corrected chi connectivity index (χ1v) is 7.82. The van der Waals surface area contributed by atoms with Crippen LogP contribution in [0.25, 0.3) is 0 Å². The molecule has 1 aromatic carbocycles. The number of hydrogen-bond donors (Lipinski definition) is 1. The fraction of sp³-hybridized carbons (Fsp3) is 0.462. The second-order valence-electron chi connectivity index (χ2n) is 4.66. The van der Waals surface area contributed by atoms with Gasteiger partial charge in [-0.05, 0) is 19.1 Å². The molecule has 8 heteroatoms. The minimum absolute atomic E-state index is 0. The highest BCUT2D eigenvalue weighted by Gasteiger charge is 2.33. The minimum Gasteiger partial charge on any atom is -0.465 e. The number of piperazine rings is 1. The van der Waals surface area contributed by atoms with Crippen molar-refractivity contribution in [2.45, 2.75) is 17.9 Å². The summed E-state index contributed by atoms with van der Waals surface area (Å²) in [6.45, 7) is 3.42. The first kappa shape index (κ1) is 17.9. The van der Waals surface area contributed by atoms with E-state index in [1.165, 1.54) is 23.5 Å². The van der Waals surface area contributed by atoms with Gasteiger partial charge in [-0.25, -0.2) is 13.2 Å². The van der Waals surface area contributed by atoms with E-state index in [0.29, 0.717) is 19.6 Å². The van der Waals surface area contributed by atoms with Crippen LogP contribution in [0.2, 0.25) is 0 Å². The molecule has 1 aliphatic heterocycles. The highest BCUT2D eigenvalue weighted by Crippen LogP contribution is 2.23. The Bertz CT molecular complexity index is 606. The maximum atomic E-state index is 12.7. The normalized spacial score (nSPS) is 19.6. The number of esters is 1. The van der Waals surface area contributed by atoms with Crippen molar-refractivity contribution >= 4 is 28.4 Å². The molecule has 1 N–H and O–H groups in total. The van der Waals surface area contributed by atoms with Crippen LogP contribution in [0.15, 0.2) is 29.2 Å². The number of ether oxygens (including phenoxy) is 1. The van der Waals surface area contributed by atoms with Crippen molar-refractivity contribution in [3.05, 3.63) is 29.8 Å². The van der Waals surface area contributed by atoms with Crippen molar-refractivity contribution in [2.75, 3.05) is 26.7 Å². The van der Waals surface area contributed by atoms with E-state index in [1.54, 1.807) is 12.1 Å². The van der Waals surface area contributed by atoms with Gasteiger partial charge in [-0.3, -0.25) is 0 Å². The molecule has 118 valence electrons. The predicted octanol–water partition coefficient (Wildman–Crippen LogP) is 0.877. The Hall–Kier alpha value is -1.15. The van der Waals surface area contributed by atoms with E-state index >= 15 is 0 Å². The van der Waals surface area contributed by atoms with E-state index < -0.39 is 16.0 Å². The number of carbonyl (C=O) groups excluding carboxylic acids is 1. The summed E-state index contributed by atoms with van der Waals surface area (Å²) in [5.74, 6) is -0.646. The third kappa shape index (κ3) is 3.55. The second kappa shape index (κ2) is 7.22. The number of halogens is 1. The van der Waals surface area contributed by atoms with Gasteiger partial charge in [-0.1, -0.05) is 12.1 Å². The van der Waals surface area contributed by atoms with Crippen LogP contribution < -0.4 is 5.32 Å². The first-order chi connectivity index (χ1) is 9.48. The number of sulfonamides is 1. The Morgan fingerprint density at radius 2 is 2.05 bits per heavy atom. The van der Waals surface area contributed by atoms with Gasteiger partial charge in [0.05, 0.1) is 17.6 Å². The smallest absolute Gasteiger partial charge is 0.339 e. The third-order valence-corrected chi connectivity index (χ3v) is 5.39. The molecule has 0 aromatic heterocycles. The maximum absolute atomic E-state index is 12.7. The Morgan fingerprint density at radius 3 is 2.67 bits per heavy atom. The number of rotatable bonds is 3. The molecule has 0 spiro atoms. The second-order valence-corrected chi connectivity index (χ2v) is 6.52. The molecule has 1 aliphatic rings. The van der Waals surface area contributed by atoms with Crippen LogP contribution in [0, 0.1) is 0 Å². The zero-order chi connectivity index (χ0) is 14.8. The number of hydrogen-bond acceptors (Lipinski definition) is 5. The number of nitrogens with one attached hydrogen (secondary N) is 1. The van der Waals surface area contributed by atoms with Gasteiger partial charge in [0.25, 0.3) is 0 Å². The van der Waals surface area contributed by atoms with E-state index in [-0.39, 0.29) is 28.9 Å². The quantitative estimate of drug-likeness (QED) is 0.830. The van der Waals surface area contributed by atoms with Crippen LogP contribution in [0.4, 0.5) is 0 Å². The van der Waals surface area contributed by atoms with Gasteiger partial charge in [0.2, 0.25) is 10.0 Å². The third-order valence-electron chi connectivity index (χ3n) is 3.32. The van der Waals surface area contributed by atoms with Gasteiger partial charge in [0.15, 0.2) is 0 Å². The Morgan fingerprint density at radius 1 is 1.38 bits per heavy atom. The lowest BCUT2D eigenvalue weighted by Crippen LogP contribution is -2.52. The lowest BCUT2D eigenvalue weighted by molar-refractivity contribution is 0.0596. The topological polar surface area (TPSA) is 75.7 Å². The fourth-order valence-corrected chi connectivity index (χ4v) is 4.09. The minimum atomic E-state index is -3.70. The summed E-state index contributed by atoms with van der Waals surface area (Å²) in [7, 11) is -2.47. The van der Waals surface area contributed by atoms with Crippen molar-refractivity contribution in [2.24, 2.45) is 0 Å². The summed E-state index contributed by atoms with van der Waals surface area (Å²) in [5, 5.41) is 3.14. The largest absolute Gasteiger partial charge is 0.465 e. The van der Waals surface area contributed by atoms with Crippen LogP contribution in [0.1, 0.15) is 17.3 Å². The van der Waals surface area contributed by atoms with E-state index in [2.05, 4.69) is 10.1 Å². The summed E-state index contributed by atoms with van der Waals surface area (Å²) in [4.78, 5) is 11.7. The molecular weight excluding hydrogens is 316 g/mol. The van der Waals surface area contributed by atoms with Crippen LogP contribution in [-0.2, 0) is 14.8 Å². The molecule has 0 aliphatic carbocycles. The van der Waals surface area contributed by atoms with Crippen molar-refractivity contribution < 1.29 is 17.9 Å². The molecule has 1 aromatic rings. The summed E-state index contributed by atoms with van der Waals surface area (Å²) in [5.41, 5.74) is 0.0701. The molecule has 1 fully saturated rings. The summed E-state index contributed by atoms with van der Waals surface area (Å²) >= 11 is 0. The Kier molecular flexibility index (Phi) is 6.15. The molecule has 6 nitrogen and oxygen atoms in total. The first-order valence-electron chi connectivity index (χ1n) is 6.38. The highest BCUT2D eigenvalue weighted by atomic mass is 35.5. The zero-order valence-corrected chi connectivity index (χ0v) is 13.5. The average molecular weight is 335 g/mol. The molecule has 1 heterocycles. The number of benzene rings is 1. The molecule has 0 bridgehead atoms. The monoisotopic (exact) mass is 334 g/mol. The van der Waals surface area contributed by atoms with Gasteiger partial charge < -0.3 is 10.1 Å². The standard InChI is InChI=1S/C13H18N2O4S.ClH/c1-10-9-14-7-8-15(10)20(17,18)12-6-4-3-5-11(12)13(16)19-2;/h3-6,10,14H,7-9H2,1-2H3;1H/t10-;/m0./s1. The maximum Gasteiger partial charge on any atom is 0.339 e. The van der Waals surface area contributed by atoms with Crippen LogP contribution >= 0.6 is 12.4 Å². The lowest BCUT2D eigenvalue weighted by Gasteiger charge is -2.33. The van der Waals surface area contributed by atoms with Gasteiger partial charge >= 0.3 is 5.97 Å². The summed E-state index contributed by atoms with van der Waals surface area (Å²) in [6.07, 6.45) is 0. The van der Waals surface area contributed by atoms with Gasteiger partial charge in [-0.15, -0.1) is 12.4 Å². The molecule has 2 rings (SSSR count). The highest BCUT2D eigenvalue weighted by molar-refractivity contribution is 7.89. The molecule has 0 amide bonds. The fourth-order valence-electron chi connectivity index (χ4n) is 2.28. The van der Waals surface area contributed by atoms with E-state index in [9.17, 15) is 13.2 Å². The molecule has 1 saturated heterocycles. The van der Waals surface area contributed by atoms with E-state index in [1.807, 2.05) is 6.92 Å². The lowest BCUT2D eigenvalue weighted by atomic mass is 10.2. The summed E-state index contributed by atoms with van der Waals surface area (Å²) < 4.78 is 31.5. The number of nitrogens with zero attached hydrogens (tertiary/aromatic N) is 1. The zero-order valence-electron chi connectivity index (χ0n) is 11.9. The average Bonchev–Trinajstić information content (AvgIpc) is 2.46. The van der Waals surface area contributed by atoms with Crippen LogP contribution in [-0.4, -0.2) is 51.5 Å². The van der Waals surface area contributed by atoms with Crippen LogP contribution in [0.3, 0.4) is 0 Å². The molecule has 0 unspecified atom stereocenters. The number of carbonyl (C=O) groups is 1. The van der Waals surface area contributed by atoms with E-state index in [4.69, 9.17) is 0 Å². The van der Waals surface area contributed by atoms with Gasteiger partial charge in [0.1, 0.15) is 0 Å². The predicted molar refractivity (Wildman–Crippen MR) is 81.3 cm³/mol. The van der Waals surface area contributed by atoms with Crippen molar-refractivity contribution in [3.63, 3.8) is 0 Å². The molecule has 0 saturated carbocycles. The van der Waals surface area contributed by atoms with Gasteiger partial charge in [-0.2, -0.15) is 4.31 Å². The van der Waals surface area contributed by atoms with Crippen molar-refractivity contribution in [3.8, 4) is 0 Å². The SMILES string of the molecule is COC(=O)c1ccccc1S(=O)(=O)N1CCNC[C@@H]1C.Cl. The van der Waals surface area contributed by atoms with Crippen molar-refractivity contribution in [1.29, 1.82) is 0 Å². The Balaban J connectivity index is 0.00000220. The molecule has 1 atom stereocenters. The van der Waals surface area contributed by atoms with E-state index in [0.717, 1.165) is 0 Å².